The summed E-state index contributed by atoms with van der Waals surface area (Å²) in [4.78, 5) is 23.6. The standard InChI is InChI=1S/C25H29F2N5O/c1-32(2)24-19-5-3-4-6-22(19)30-25(31-24)29-18-10-7-16(8-11-18)15-28-23(33)14-17-9-12-20(26)21(27)13-17/h3-6,9,12-13,16,18H,7-8,10-11,14-15H2,1-2H3,(H,28,33)(H,29,30,31). The number of para-hydroxylation sites is 1. The first-order valence-corrected chi connectivity index (χ1v) is 11.3. The summed E-state index contributed by atoms with van der Waals surface area (Å²) in [6, 6.07) is 11.8. The Balaban J connectivity index is 1.27. The SMILES string of the molecule is CN(C)c1nc(NC2CCC(CNC(=O)Cc3ccc(F)c(F)c3)CC2)nc2ccccc12. The largest absolute Gasteiger partial charge is 0.362 e. The Hall–Kier alpha value is -3.29. The molecule has 33 heavy (non-hydrogen) atoms. The van der Waals surface area contributed by atoms with Crippen molar-refractivity contribution in [2.45, 2.75) is 38.1 Å². The van der Waals surface area contributed by atoms with Gasteiger partial charge in [-0.15, -0.1) is 0 Å². The van der Waals surface area contributed by atoms with Gasteiger partial charge < -0.3 is 15.5 Å². The van der Waals surface area contributed by atoms with Crippen LogP contribution in [0.1, 0.15) is 31.2 Å². The number of rotatable bonds is 7. The van der Waals surface area contributed by atoms with Crippen molar-refractivity contribution in [3.63, 3.8) is 0 Å². The van der Waals surface area contributed by atoms with Gasteiger partial charge in [0.15, 0.2) is 11.6 Å². The monoisotopic (exact) mass is 453 g/mol. The number of benzene rings is 2. The van der Waals surface area contributed by atoms with Crippen LogP contribution in [0.25, 0.3) is 10.9 Å². The van der Waals surface area contributed by atoms with Crippen LogP contribution in [0.5, 0.6) is 0 Å². The van der Waals surface area contributed by atoms with Crippen LogP contribution in [-0.4, -0.2) is 42.6 Å². The Morgan fingerprint density at radius 1 is 1.03 bits per heavy atom. The molecule has 0 aliphatic heterocycles. The van der Waals surface area contributed by atoms with Gasteiger partial charge in [-0.05, 0) is 61.4 Å². The molecule has 0 atom stereocenters. The van der Waals surface area contributed by atoms with E-state index in [2.05, 4.69) is 15.6 Å². The average molecular weight is 454 g/mol. The van der Waals surface area contributed by atoms with Crippen LogP contribution in [0.4, 0.5) is 20.5 Å². The van der Waals surface area contributed by atoms with E-state index in [1.165, 1.54) is 6.07 Å². The number of hydrogen-bond donors (Lipinski definition) is 2. The Morgan fingerprint density at radius 2 is 1.79 bits per heavy atom. The number of carbonyl (C=O) groups is 1. The van der Waals surface area contributed by atoms with Crippen molar-refractivity contribution in [3.8, 4) is 0 Å². The zero-order chi connectivity index (χ0) is 23.4. The van der Waals surface area contributed by atoms with Gasteiger partial charge in [-0.25, -0.2) is 13.8 Å². The third-order valence-electron chi connectivity index (χ3n) is 6.12. The molecular formula is C25H29F2N5O. The molecule has 1 fully saturated rings. The molecule has 174 valence electrons. The zero-order valence-electron chi connectivity index (χ0n) is 18.9. The normalized spacial score (nSPS) is 18.2. The van der Waals surface area contributed by atoms with Crippen LogP contribution in [-0.2, 0) is 11.2 Å². The van der Waals surface area contributed by atoms with E-state index in [0.29, 0.717) is 24.0 Å². The van der Waals surface area contributed by atoms with Crippen LogP contribution < -0.4 is 15.5 Å². The Labute approximate surface area is 192 Å². The number of nitrogens with zero attached hydrogens (tertiary/aromatic N) is 3. The fraction of sp³-hybridized carbons (Fsp3) is 0.400. The van der Waals surface area contributed by atoms with E-state index in [4.69, 9.17) is 4.98 Å². The molecule has 2 aromatic carbocycles. The van der Waals surface area contributed by atoms with Crippen LogP contribution in [0.2, 0.25) is 0 Å². The number of halogens is 2. The van der Waals surface area contributed by atoms with Crippen LogP contribution in [0.15, 0.2) is 42.5 Å². The molecule has 1 aliphatic carbocycles. The molecule has 0 unspecified atom stereocenters. The van der Waals surface area contributed by atoms with Gasteiger partial charge in [0.1, 0.15) is 5.82 Å². The van der Waals surface area contributed by atoms with Crippen LogP contribution in [0, 0.1) is 17.6 Å². The summed E-state index contributed by atoms with van der Waals surface area (Å²) in [7, 11) is 3.95. The number of anilines is 2. The van der Waals surface area contributed by atoms with Crippen molar-refractivity contribution in [2.75, 3.05) is 30.9 Å². The van der Waals surface area contributed by atoms with Gasteiger partial charge in [0.2, 0.25) is 11.9 Å². The Morgan fingerprint density at radius 3 is 2.52 bits per heavy atom. The maximum absolute atomic E-state index is 13.3. The first-order valence-electron chi connectivity index (χ1n) is 11.3. The summed E-state index contributed by atoms with van der Waals surface area (Å²) >= 11 is 0. The number of hydrogen-bond acceptors (Lipinski definition) is 5. The molecule has 1 heterocycles. The molecule has 2 N–H and O–H groups in total. The van der Waals surface area contributed by atoms with E-state index in [1.807, 2.05) is 43.3 Å². The summed E-state index contributed by atoms with van der Waals surface area (Å²) in [5, 5.41) is 7.45. The topological polar surface area (TPSA) is 70.2 Å². The fourth-order valence-electron chi connectivity index (χ4n) is 4.31. The van der Waals surface area contributed by atoms with E-state index < -0.39 is 11.6 Å². The van der Waals surface area contributed by atoms with Crippen molar-refractivity contribution in [1.29, 1.82) is 0 Å². The van der Waals surface area contributed by atoms with Gasteiger partial charge >= 0.3 is 0 Å². The molecular weight excluding hydrogens is 424 g/mol. The van der Waals surface area contributed by atoms with Crippen molar-refractivity contribution >= 4 is 28.6 Å². The summed E-state index contributed by atoms with van der Waals surface area (Å²) in [6.45, 7) is 0.590. The van der Waals surface area contributed by atoms with Gasteiger partial charge in [-0.3, -0.25) is 4.79 Å². The predicted molar refractivity (Wildman–Crippen MR) is 126 cm³/mol. The minimum atomic E-state index is -0.931. The number of fused-ring (bicyclic) bond motifs is 1. The van der Waals surface area contributed by atoms with Crippen molar-refractivity contribution in [2.24, 2.45) is 5.92 Å². The lowest BCUT2D eigenvalue weighted by atomic mass is 9.86. The Bertz CT molecular complexity index is 1130. The predicted octanol–water partition coefficient (Wildman–Crippen LogP) is 4.30. The van der Waals surface area contributed by atoms with Gasteiger partial charge in [-0.1, -0.05) is 18.2 Å². The molecule has 1 aliphatic rings. The first kappa shape index (κ1) is 22.9. The number of nitrogens with one attached hydrogen (secondary N) is 2. The number of aromatic nitrogens is 2. The second-order valence-corrected chi connectivity index (χ2v) is 8.87. The van der Waals surface area contributed by atoms with Crippen LogP contribution in [0.3, 0.4) is 0 Å². The van der Waals surface area contributed by atoms with E-state index in [0.717, 1.165) is 54.5 Å². The smallest absolute Gasteiger partial charge is 0.225 e. The first-order chi connectivity index (χ1) is 15.9. The molecule has 1 amide bonds. The lowest BCUT2D eigenvalue weighted by Crippen LogP contribution is -2.34. The summed E-state index contributed by atoms with van der Waals surface area (Å²) in [5.41, 5.74) is 1.38. The van der Waals surface area contributed by atoms with Gasteiger partial charge in [0.25, 0.3) is 0 Å². The molecule has 3 aromatic rings. The maximum atomic E-state index is 13.3. The third kappa shape index (κ3) is 5.74. The maximum Gasteiger partial charge on any atom is 0.225 e. The second-order valence-electron chi connectivity index (χ2n) is 8.87. The van der Waals surface area contributed by atoms with E-state index in [-0.39, 0.29) is 18.4 Å². The van der Waals surface area contributed by atoms with E-state index in [1.54, 1.807) is 0 Å². The average Bonchev–Trinajstić information content (AvgIpc) is 2.80. The highest BCUT2D eigenvalue weighted by Crippen LogP contribution is 2.28. The number of amides is 1. The molecule has 0 radical (unpaired) electrons. The summed E-state index contributed by atoms with van der Waals surface area (Å²) < 4.78 is 26.3. The Kier molecular flexibility index (Phi) is 7.01. The number of carbonyl (C=O) groups excluding carboxylic acids is 1. The molecule has 8 heteroatoms. The minimum absolute atomic E-state index is 0.0433. The van der Waals surface area contributed by atoms with Crippen molar-refractivity contribution in [1.82, 2.24) is 15.3 Å². The lowest BCUT2D eigenvalue weighted by Gasteiger charge is -2.29. The minimum Gasteiger partial charge on any atom is -0.362 e. The summed E-state index contributed by atoms with van der Waals surface area (Å²) in [5.74, 6) is -0.0918. The molecule has 1 saturated carbocycles. The quantitative estimate of drug-likeness (QED) is 0.558. The molecule has 0 spiro atoms. The highest BCUT2D eigenvalue weighted by Gasteiger charge is 2.23. The molecule has 0 saturated heterocycles. The summed E-state index contributed by atoms with van der Waals surface area (Å²) in [6.07, 6.45) is 3.95. The van der Waals surface area contributed by atoms with Gasteiger partial charge in [-0.2, -0.15) is 4.98 Å². The molecule has 1 aromatic heterocycles. The lowest BCUT2D eigenvalue weighted by molar-refractivity contribution is -0.120. The van der Waals surface area contributed by atoms with Crippen molar-refractivity contribution in [3.05, 3.63) is 59.7 Å². The highest BCUT2D eigenvalue weighted by molar-refractivity contribution is 5.90. The molecule has 0 bridgehead atoms. The van der Waals surface area contributed by atoms with Crippen LogP contribution >= 0.6 is 0 Å². The molecule has 4 rings (SSSR count). The fourth-order valence-corrected chi connectivity index (χ4v) is 4.31. The highest BCUT2D eigenvalue weighted by atomic mass is 19.2. The third-order valence-corrected chi connectivity index (χ3v) is 6.12. The van der Waals surface area contributed by atoms with Gasteiger partial charge in [0, 0.05) is 32.1 Å². The second kappa shape index (κ2) is 10.1. The van der Waals surface area contributed by atoms with Gasteiger partial charge in [0.05, 0.1) is 11.9 Å². The molecule has 6 nitrogen and oxygen atoms in total. The zero-order valence-corrected chi connectivity index (χ0v) is 18.9. The van der Waals surface area contributed by atoms with Crippen molar-refractivity contribution < 1.29 is 13.6 Å². The van der Waals surface area contributed by atoms with E-state index >= 15 is 0 Å². The van der Waals surface area contributed by atoms with E-state index in [9.17, 15) is 13.6 Å².